The van der Waals surface area contributed by atoms with Crippen molar-refractivity contribution in [1.29, 1.82) is 0 Å². The molecule has 0 N–H and O–H groups in total. The van der Waals surface area contributed by atoms with Crippen molar-refractivity contribution in [1.82, 2.24) is 9.80 Å². The van der Waals surface area contributed by atoms with Gasteiger partial charge in [-0.25, -0.2) is 0 Å². The molecule has 2 aliphatic rings. The quantitative estimate of drug-likeness (QED) is 0.754. The number of hydrogen-bond donors (Lipinski definition) is 0. The number of ether oxygens (including phenoxy) is 1. The Bertz CT molecular complexity index is 790. The summed E-state index contributed by atoms with van der Waals surface area (Å²) in [5.74, 6) is -1.68. The molecule has 0 aliphatic carbocycles. The van der Waals surface area contributed by atoms with E-state index in [1.807, 2.05) is 33.8 Å². The highest BCUT2D eigenvalue weighted by atomic mass is 16.5. The van der Waals surface area contributed by atoms with Crippen LogP contribution in [-0.2, 0) is 14.3 Å². The van der Waals surface area contributed by atoms with Gasteiger partial charge in [0, 0.05) is 36.9 Å². The monoisotopic (exact) mass is 387 g/mol. The van der Waals surface area contributed by atoms with Crippen molar-refractivity contribution in [2.45, 2.75) is 52.3 Å². The van der Waals surface area contributed by atoms with Gasteiger partial charge in [0.05, 0.1) is 18.6 Å². The van der Waals surface area contributed by atoms with Crippen molar-refractivity contribution >= 4 is 17.8 Å². The Hall–Kier alpha value is -2.41. The third-order valence-electron chi connectivity index (χ3n) is 5.49. The Kier molecular flexibility index (Phi) is 5.23. The molecule has 1 spiro atoms. The molecule has 0 bridgehead atoms. The summed E-state index contributed by atoms with van der Waals surface area (Å²) >= 11 is 0. The van der Waals surface area contributed by atoms with Gasteiger partial charge in [0.1, 0.15) is 5.72 Å². The van der Waals surface area contributed by atoms with Crippen molar-refractivity contribution in [2.75, 3.05) is 19.7 Å². The predicted octanol–water partition coefficient (Wildman–Crippen LogP) is 0.951. The van der Waals surface area contributed by atoms with E-state index in [0.717, 1.165) is 5.56 Å². The van der Waals surface area contributed by atoms with Crippen LogP contribution in [0.1, 0.15) is 49.5 Å². The third-order valence-corrected chi connectivity index (χ3v) is 5.49. The standard InChI is InChI=1S/C21H28N2O5/c1-14-6-5-7-15(12-14)17(24)23-16(18(25)26)13-28-21(23)8-10-22(11-9-21)19(27)20(2,3)4/h5-7,12,16H,8-11,13H2,1-4H3,(H,25,26)/p-1/t16-/m0/s1. The molecule has 7 nitrogen and oxygen atoms in total. The number of benzene rings is 1. The van der Waals surface area contributed by atoms with E-state index >= 15 is 0 Å². The van der Waals surface area contributed by atoms with Crippen LogP contribution in [0.25, 0.3) is 0 Å². The molecule has 2 amide bonds. The first kappa shape index (κ1) is 20.3. The second kappa shape index (κ2) is 7.20. The fourth-order valence-electron chi connectivity index (χ4n) is 4.00. The predicted molar refractivity (Wildman–Crippen MR) is 100 cm³/mol. The summed E-state index contributed by atoms with van der Waals surface area (Å²) in [4.78, 5) is 40.6. The Morgan fingerprint density at radius 3 is 2.36 bits per heavy atom. The highest BCUT2D eigenvalue weighted by Gasteiger charge is 2.52. The first-order valence-corrected chi connectivity index (χ1v) is 9.60. The molecule has 7 heteroatoms. The SMILES string of the molecule is Cc1cccc(C(=O)N2[C@H](C(=O)[O-])COC23CCN(C(=O)C(C)(C)C)CC3)c1. The summed E-state index contributed by atoms with van der Waals surface area (Å²) in [6.07, 6.45) is 0.742. The number of amides is 2. The molecular formula is C21H27N2O5-. The fraction of sp³-hybridized carbons (Fsp3) is 0.571. The van der Waals surface area contributed by atoms with Gasteiger partial charge in [-0.15, -0.1) is 0 Å². The van der Waals surface area contributed by atoms with Crippen molar-refractivity contribution < 1.29 is 24.2 Å². The van der Waals surface area contributed by atoms with Crippen molar-refractivity contribution in [3.8, 4) is 0 Å². The molecular weight excluding hydrogens is 360 g/mol. The number of aliphatic carboxylic acids is 1. The number of piperidine rings is 1. The maximum atomic E-state index is 13.2. The molecule has 2 saturated heterocycles. The first-order valence-electron chi connectivity index (χ1n) is 9.60. The van der Waals surface area contributed by atoms with E-state index in [0.29, 0.717) is 31.5 Å². The van der Waals surface area contributed by atoms with Gasteiger partial charge in [-0.1, -0.05) is 38.5 Å². The summed E-state index contributed by atoms with van der Waals surface area (Å²) < 4.78 is 5.90. The number of hydrogen-bond acceptors (Lipinski definition) is 5. The summed E-state index contributed by atoms with van der Waals surface area (Å²) in [5.41, 5.74) is -0.189. The molecule has 0 aromatic heterocycles. The van der Waals surface area contributed by atoms with E-state index < -0.39 is 23.2 Å². The largest absolute Gasteiger partial charge is 0.548 e. The number of carbonyl (C=O) groups is 3. The van der Waals surface area contributed by atoms with Gasteiger partial charge in [-0.2, -0.15) is 0 Å². The van der Waals surface area contributed by atoms with E-state index in [9.17, 15) is 19.5 Å². The van der Waals surface area contributed by atoms with Gasteiger partial charge in [-0.3, -0.25) is 14.5 Å². The van der Waals surface area contributed by atoms with E-state index in [-0.39, 0.29) is 18.4 Å². The van der Waals surface area contributed by atoms with Gasteiger partial charge in [0.15, 0.2) is 0 Å². The van der Waals surface area contributed by atoms with Crippen molar-refractivity contribution in [2.24, 2.45) is 5.41 Å². The van der Waals surface area contributed by atoms with Crippen LogP contribution < -0.4 is 5.11 Å². The number of carbonyl (C=O) groups excluding carboxylic acids is 3. The lowest BCUT2D eigenvalue weighted by molar-refractivity contribution is -0.310. The van der Waals surface area contributed by atoms with E-state index in [1.165, 1.54) is 4.90 Å². The molecule has 0 unspecified atom stereocenters. The highest BCUT2D eigenvalue weighted by Crippen LogP contribution is 2.39. The molecule has 3 rings (SSSR count). The lowest BCUT2D eigenvalue weighted by Crippen LogP contribution is -2.60. The van der Waals surface area contributed by atoms with Crippen LogP contribution >= 0.6 is 0 Å². The molecule has 0 radical (unpaired) electrons. The first-order chi connectivity index (χ1) is 13.0. The molecule has 2 aliphatic heterocycles. The van der Waals surface area contributed by atoms with E-state index in [1.54, 1.807) is 23.1 Å². The number of carboxylic acids is 1. The number of carboxylic acid groups (broad SMARTS) is 1. The zero-order valence-corrected chi connectivity index (χ0v) is 16.9. The summed E-state index contributed by atoms with van der Waals surface area (Å²) in [7, 11) is 0. The summed E-state index contributed by atoms with van der Waals surface area (Å²) in [5, 5.41) is 11.7. The Morgan fingerprint density at radius 2 is 1.82 bits per heavy atom. The van der Waals surface area contributed by atoms with E-state index in [2.05, 4.69) is 0 Å². The van der Waals surface area contributed by atoms with E-state index in [4.69, 9.17) is 4.74 Å². The molecule has 28 heavy (non-hydrogen) atoms. The average Bonchev–Trinajstić information content (AvgIpc) is 2.99. The zero-order chi connectivity index (χ0) is 20.7. The summed E-state index contributed by atoms with van der Waals surface area (Å²) in [6.45, 7) is 8.19. The number of nitrogens with zero attached hydrogens (tertiary/aromatic N) is 2. The normalized spacial score (nSPS) is 21.8. The molecule has 0 saturated carbocycles. The minimum Gasteiger partial charge on any atom is -0.548 e. The molecule has 152 valence electrons. The number of rotatable bonds is 2. The smallest absolute Gasteiger partial charge is 0.256 e. The Balaban J connectivity index is 1.87. The molecule has 2 fully saturated rings. The third kappa shape index (κ3) is 3.63. The lowest BCUT2D eigenvalue weighted by atomic mass is 9.91. The minimum atomic E-state index is -1.33. The molecule has 1 atom stereocenters. The van der Waals surface area contributed by atoms with Crippen LogP contribution in [0.3, 0.4) is 0 Å². The number of aryl methyl sites for hydroxylation is 1. The second-order valence-corrected chi connectivity index (χ2v) is 8.68. The highest BCUT2D eigenvalue weighted by molar-refractivity contribution is 5.97. The van der Waals surface area contributed by atoms with Crippen LogP contribution in [0.4, 0.5) is 0 Å². The van der Waals surface area contributed by atoms with Crippen LogP contribution in [0.5, 0.6) is 0 Å². The topological polar surface area (TPSA) is 90.0 Å². The molecule has 1 aromatic carbocycles. The second-order valence-electron chi connectivity index (χ2n) is 8.68. The van der Waals surface area contributed by atoms with Crippen LogP contribution in [0.15, 0.2) is 24.3 Å². The fourth-order valence-corrected chi connectivity index (χ4v) is 4.00. The minimum absolute atomic E-state index is 0.0355. The maximum absolute atomic E-state index is 13.2. The van der Waals surface area contributed by atoms with Crippen molar-refractivity contribution in [3.63, 3.8) is 0 Å². The lowest BCUT2D eigenvalue weighted by Gasteiger charge is -2.45. The molecule has 2 heterocycles. The van der Waals surface area contributed by atoms with Gasteiger partial charge in [0.25, 0.3) is 5.91 Å². The van der Waals surface area contributed by atoms with Crippen LogP contribution in [0.2, 0.25) is 0 Å². The zero-order valence-electron chi connectivity index (χ0n) is 16.9. The van der Waals surface area contributed by atoms with Gasteiger partial charge >= 0.3 is 0 Å². The van der Waals surface area contributed by atoms with Crippen LogP contribution in [0, 0.1) is 12.3 Å². The van der Waals surface area contributed by atoms with Crippen molar-refractivity contribution in [3.05, 3.63) is 35.4 Å². The average molecular weight is 387 g/mol. The maximum Gasteiger partial charge on any atom is 0.256 e. The van der Waals surface area contributed by atoms with Gasteiger partial charge in [0.2, 0.25) is 5.91 Å². The summed E-state index contributed by atoms with van der Waals surface area (Å²) in [6, 6.07) is 5.91. The Morgan fingerprint density at radius 1 is 1.18 bits per heavy atom. The van der Waals surface area contributed by atoms with Gasteiger partial charge < -0.3 is 19.5 Å². The Labute approximate surface area is 165 Å². The van der Waals surface area contributed by atoms with Crippen LogP contribution in [-0.4, -0.2) is 59.0 Å². The number of likely N-dealkylation sites (tertiary alicyclic amines) is 1. The molecule has 1 aromatic rings. The van der Waals surface area contributed by atoms with Gasteiger partial charge in [-0.05, 0) is 19.1 Å².